The van der Waals surface area contributed by atoms with Gasteiger partial charge in [-0.25, -0.2) is 8.42 Å². The summed E-state index contributed by atoms with van der Waals surface area (Å²) in [5, 5.41) is 3.61. The molecule has 0 aliphatic heterocycles. The average molecular weight is 238 g/mol. The molecule has 6 heteroatoms. The summed E-state index contributed by atoms with van der Waals surface area (Å²) in [6.45, 7) is 0. The van der Waals surface area contributed by atoms with Crippen LogP contribution >= 0.6 is 0 Å². The molecule has 1 aromatic carbocycles. The molecule has 2 rings (SSSR count). The zero-order valence-corrected chi connectivity index (χ0v) is 9.36. The van der Waals surface area contributed by atoms with Crippen LogP contribution in [-0.2, 0) is 10.0 Å². The molecule has 0 unspecified atom stereocenters. The third kappa shape index (κ3) is 2.60. The van der Waals surface area contributed by atoms with Crippen molar-refractivity contribution in [3.05, 3.63) is 36.4 Å². The predicted molar refractivity (Wildman–Crippen MR) is 60.4 cm³/mol. The van der Waals surface area contributed by atoms with Crippen molar-refractivity contribution in [3.63, 3.8) is 0 Å². The van der Waals surface area contributed by atoms with Gasteiger partial charge in [0.15, 0.2) is 11.6 Å². The van der Waals surface area contributed by atoms with Gasteiger partial charge in [0.2, 0.25) is 10.0 Å². The van der Waals surface area contributed by atoms with E-state index in [1.165, 1.54) is 6.07 Å². The van der Waals surface area contributed by atoms with Crippen LogP contribution in [0.3, 0.4) is 0 Å². The normalized spacial score (nSPS) is 11.3. The largest absolute Gasteiger partial charge is 0.354 e. The smallest absolute Gasteiger partial charge is 0.231 e. The lowest BCUT2D eigenvalue weighted by atomic mass is 10.2. The Kier molecular flexibility index (Phi) is 2.66. The molecular weight excluding hydrogens is 228 g/mol. The Labute approximate surface area is 93.1 Å². The minimum atomic E-state index is -3.32. The van der Waals surface area contributed by atoms with Crippen LogP contribution in [-0.4, -0.2) is 19.8 Å². The first kappa shape index (κ1) is 10.7. The van der Waals surface area contributed by atoms with Crippen molar-refractivity contribution in [3.8, 4) is 11.3 Å². The molecule has 0 fully saturated rings. The molecule has 0 saturated heterocycles. The van der Waals surface area contributed by atoms with Gasteiger partial charge in [0.05, 0.1) is 6.26 Å². The first-order valence-electron chi connectivity index (χ1n) is 4.54. The number of nitrogens with zero attached hydrogens (tertiary/aromatic N) is 1. The fourth-order valence-electron chi connectivity index (χ4n) is 1.25. The highest BCUT2D eigenvalue weighted by atomic mass is 32.2. The second kappa shape index (κ2) is 3.97. The fraction of sp³-hybridized carbons (Fsp3) is 0.100. The maximum Gasteiger partial charge on any atom is 0.231 e. The Balaban J connectivity index is 2.27. The Morgan fingerprint density at radius 1 is 1.25 bits per heavy atom. The molecular formula is C10H10N2O3S. The molecule has 1 N–H and O–H groups in total. The van der Waals surface area contributed by atoms with Gasteiger partial charge in [0.1, 0.15) is 0 Å². The van der Waals surface area contributed by atoms with Gasteiger partial charge in [-0.15, -0.1) is 0 Å². The van der Waals surface area contributed by atoms with E-state index >= 15 is 0 Å². The van der Waals surface area contributed by atoms with Gasteiger partial charge < -0.3 is 4.52 Å². The first-order valence-corrected chi connectivity index (χ1v) is 6.44. The van der Waals surface area contributed by atoms with Gasteiger partial charge in [-0.3, -0.25) is 4.72 Å². The SMILES string of the molecule is CS(=O)(=O)Nc1cc(-c2ccccc2)on1. The summed E-state index contributed by atoms with van der Waals surface area (Å²) >= 11 is 0. The van der Waals surface area contributed by atoms with Crippen molar-refractivity contribution in [2.24, 2.45) is 0 Å². The van der Waals surface area contributed by atoms with Crippen LogP contribution in [0.25, 0.3) is 11.3 Å². The van der Waals surface area contributed by atoms with E-state index in [1.807, 2.05) is 30.3 Å². The maximum atomic E-state index is 11.0. The lowest BCUT2D eigenvalue weighted by molar-refractivity contribution is 0.435. The number of benzene rings is 1. The molecule has 2 aromatic rings. The van der Waals surface area contributed by atoms with Crippen molar-refractivity contribution < 1.29 is 12.9 Å². The summed E-state index contributed by atoms with van der Waals surface area (Å²) in [4.78, 5) is 0. The summed E-state index contributed by atoms with van der Waals surface area (Å²) < 4.78 is 29.2. The first-order chi connectivity index (χ1) is 7.54. The predicted octanol–water partition coefficient (Wildman–Crippen LogP) is 1.71. The standard InChI is InChI=1S/C10H10N2O3S/c1-16(13,14)12-10-7-9(15-11-10)8-5-3-2-4-6-8/h2-7H,1H3,(H,11,12). The summed E-state index contributed by atoms with van der Waals surface area (Å²) in [6, 6.07) is 10.9. The van der Waals surface area contributed by atoms with Gasteiger partial charge in [0, 0.05) is 11.6 Å². The second-order valence-electron chi connectivity index (χ2n) is 3.32. The number of rotatable bonds is 3. The van der Waals surface area contributed by atoms with Crippen LogP contribution in [0.2, 0.25) is 0 Å². The van der Waals surface area contributed by atoms with Crippen molar-refractivity contribution in [2.75, 3.05) is 11.0 Å². The molecule has 16 heavy (non-hydrogen) atoms. The zero-order chi connectivity index (χ0) is 11.6. The highest BCUT2D eigenvalue weighted by Gasteiger charge is 2.09. The lowest BCUT2D eigenvalue weighted by Crippen LogP contribution is -2.09. The van der Waals surface area contributed by atoms with E-state index in [1.54, 1.807) is 0 Å². The molecule has 0 bridgehead atoms. The third-order valence-electron chi connectivity index (χ3n) is 1.86. The Bertz CT molecular complexity index is 575. The topological polar surface area (TPSA) is 72.2 Å². The maximum absolute atomic E-state index is 11.0. The molecule has 1 aromatic heterocycles. The average Bonchev–Trinajstić information content (AvgIpc) is 2.65. The van der Waals surface area contributed by atoms with Crippen molar-refractivity contribution in [1.82, 2.24) is 5.16 Å². The van der Waals surface area contributed by atoms with Crippen molar-refractivity contribution in [1.29, 1.82) is 0 Å². The van der Waals surface area contributed by atoms with Gasteiger partial charge >= 0.3 is 0 Å². The summed E-state index contributed by atoms with van der Waals surface area (Å²) in [7, 11) is -3.32. The van der Waals surface area contributed by atoms with Crippen LogP contribution in [0.15, 0.2) is 40.9 Å². The molecule has 84 valence electrons. The van der Waals surface area contributed by atoms with Gasteiger partial charge in [-0.05, 0) is 0 Å². The lowest BCUT2D eigenvalue weighted by Gasteiger charge is -1.95. The summed E-state index contributed by atoms with van der Waals surface area (Å²) in [6.07, 6.45) is 1.06. The second-order valence-corrected chi connectivity index (χ2v) is 5.07. The monoisotopic (exact) mass is 238 g/mol. The van der Waals surface area contributed by atoms with Gasteiger partial charge in [0.25, 0.3) is 0 Å². The fourth-order valence-corrected chi connectivity index (χ4v) is 1.73. The van der Waals surface area contributed by atoms with E-state index in [-0.39, 0.29) is 5.82 Å². The number of sulfonamides is 1. The molecule has 0 spiro atoms. The van der Waals surface area contributed by atoms with Crippen LogP contribution in [0.4, 0.5) is 5.82 Å². The van der Waals surface area contributed by atoms with Crippen molar-refractivity contribution in [2.45, 2.75) is 0 Å². The van der Waals surface area contributed by atoms with Crippen LogP contribution in [0.1, 0.15) is 0 Å². The number of nitrogens with one attached hydrogen (secondary N) is 1. The molecule has 0 radical (unpaired) electrons. The molecule has 1 heterocycles. The molecule has 0 aliphatic carbocycles. The minimum Gasteiger partial charge on any atom is -0.354 e. The van der Waals surface area contributed by atoms with E-state index in [9.17, 15) is 8.42 Å². The van der Waals surface area contributed by atoms with E-state index in [0.29, 0.717) is 5.76 Å². The summed E-state index contributed by atoms with van der Waals surface area (Å²) in [5.74, 6) is 0.702. The van der Waals surface area contributed by atoms with Crippen LogP contribution in [0.5, 0.6) is 0 Å². The third-order valence-corrected chi connectivity index (χ3v) is 2.44. The molecule has 0 amide bonds. The Hall–Kier alpha value is -1.82. The highest BCUT2D eigenvalue weighted by molar-refractivity contribution is 7.92. The van der Waals surface area contributed by atoms with E-state index in [0.717, 1.165) is 11.8 Å². The van der Waals surface area contributed by atoms with Crippen molar-refractivity contribution >= 4 is 15.8 Å². The molecule has 0 saturated carbocycles. The number of hydrogen-bond acceptors (Lipinski definition) is 4. The van der Waals surface area contributed by atoms with Crippen LogP contribution in [0, 0.1) is 0 Å². The highest BCUT2D eigenvalue weighted by Crippen LogP contribution is 2.22. The van der Waals surface area contributed by atoms with Crippen LogP contribution < -0.4 is 4.72 Å². The van der Waals surface area contributed by atoms with E-state index in [2.05, 4.69) is 9.88 Å². The minimum absolute atomic E-state index is 0.182. The molecule has 0 atom stereocenters. The zero-order valence-electron chi connectivity index (χ0n) is 8.54. The van der Waals surface area contributed by atoms with Gasteiger partial charge in [-0.2, -0.15) is 0 Å². The Morgan fingerprint density at radius 2 is 1.94 bits per heavy atom. The number of hydrogen-bond donors (Lipinski definition) is 1. The number of aromatic nitrogens is 1. The summed E-state index contributed by atoms with van der Waals surface area (Å²) in [5.41, 5.74) is 0.844. The van der Waals surface area contributed by atoms with E-state index < -0.39 is 10.0 Å². The quantitative estimate of drug-likeness (QED) is 0.883. The molecule has 0 aliphatic rings. The van der Waals surface area contributed by atoms with E-state index in [4.69, 9.17) is 4.52 Å². The number of anilines is 1. The Morgan fingerprint density at radius 3 is 2.56 bits per heavy atom. The van der Waals surface area contributed by atoms with Gasteiger partial charge in [-0.1, -0.05) is 35.5 Å². The molecule has 5 nitrogen and oxygen atoms in total.